The molecule has 0 spiro atoms. The van der Waals surface area contributed by atoms with Gasteiger partial charge in [0.1, 0.15) is 0 Å². The molecule has 5 heteroatoms. The number of aliphatic hydroxyl groups is 1. The molecule has 0 aromatic heterocycles. The summed E-state index contributed by atoms with van der Waals surface area (Å²) in [6, 6.07) is 0. The highest BCUT2D eigenvalue weighted by Crippen LogP contribution is 2.22. The number of halogens is 3. The molecular formula is C4H6Cl3NO. The number of rotatable bonds is 2. The second kappa shape index (κ2) is 4.34. The fourth-order valence-corrected chi connectivity index (χ4v) is 0.433. The lowest BCUT2D eigenvalue weighted by molar-refractivity contribution is 0.307. The second-order valence-electron chi connectivity index (χ2n) is 1.30. The summed E-state index contributed by atoms with van der Waals surface area (Å²) in [5.41, 5.74) is 0. The molecule has 0 fully saturated rings. The molecule has 0 saturated heterocycles. The Morgan fingerprint density at radius 3 is 2.33 bits per heavy atom. The molecule has 0 aliphatic rings. The minimum absolute atomic E-state index is 0.0305. The van der Waals surface area contributed by atoms with E-state index >= 15 is 0 Å². The fraction of sp³-hybridized carbons (Fsp3) is 0.750. The van der Waals surface area contributed by atoms with Gasteiger partial charge in [-0.3, -0.25) is 4.99 Å². The lowest BCUT2D eigenvalue weighted by Crippen LogP contribution is -2.04. The Kier molecular flexibility index (Phi) is 4.58. The van der Waals surface area contributed by atoms with Crippen molar-refractivity contribution in [2.75, 3.05) is 13.2 Å². The van der Waals surface area contributed by atoms with Gasteiger partial charge in [0.15, 0.2) is 0 Å². The van der Waals surface area contributed by atoms with Crippen LogP contribution in [0.3, 0.4) is 0 Å². The van der Waals surface area contributed by atoms with E-state index in [1.165, 1.54) is 0 Å². The van der Waals surface area contributed by atoms with Gasteiger partial charge in [-0.1, -0.05) is 34.8 Å². The van der Waals surface area contributed by atoms with Gasteiger partial charge in [0.25, 0.3) is 0 Å². The van der Waals surface area contributed by atoms with Crippen LogP contribution in [0.4, 0.5) is 0 Å². The van der Waals surface area contributed by atoms with Crippen LogP contribution < -0.4 is 0 Å². The van der Waals surface area contributed by atoms with Crippen LogP contribution >= 0.6 is 34.8 Å². The molecule has 0 unspecified atom stereocenters. The third-order valence-electron chi connectivity index (χ3n) is 0.467. The van der Waals surface area contributed by atoms with Gasteiger partial charge in [0, 0.05) is 6.21 Å². The van der Waals surface area contributed by atoms with E-state index < -0.39 is 3.79 Å². The highest BCUT2D eigenvalue weighted by atomic mass is 35.6. The van der Waals surface area contributed by atoms with Crippen LogP contribution in [-0.2, 0) is 0 Å². The summed E-state index contributed by atoms with van der Waals surface area (Å²) in [5, 5.41) is 8.22. The summed E-state index contributed by atoms with van der Waals surface area (Å²) in [6.07, 6.45) is 1.16. The predicted octanol–water partition coefficient (Wildman–Crippen LogP) is 1.42. The summed E-state index contributed by atoms with van der Waals surface area (Å²) in [4.78, 5) is 3.59. The zero-order chi connectivity index (χ0) is 7.33. The van der Waals surface area contributed by atoms with Gasteiger partial charge >= 0.3 is 0 Å². The Morgan fingerprint density at radius 2 is 2.00 bits per heavy atom. The molecule has 0 saturated carbocycles. The normalized spacial score (nSPS) is 12.9. The first kappa shape index (κ1) is 9.50. The Bertz CT molecular complexity index is 98.5. The number of aliphatic imine (C=N–C) groups is 1. The van der Waals surface area contributed by atoms with E-state index in [2.05, 4.69) is 4.99 Å². The van der Waals surface area contributed by atoms with E-state index in [0.29, 0.717) is 0 Å². The largest absolute Gasteiger partial charge is 0.394 e. The van der Waals surface area contributed by atoms with Crippen LogP contribution in [0.25, 0.3) is 0 Å². The maximum Gasteiger partial charge on any atom is 0.225 e. The minimum Gasteiger partial charge on any atom is -0.394 e. The van der Waals surface area contributed by atoms with Gasteiger partial charge in [0.05, 0.1) is 13.2 Å². The monoisotopic (exact) mass is 189 g/mol. The van der Waals surface area contributed by atoms with Crippen molar-refractivity contribution in [2.45, 2.75) is 3.79 Å². The maximum atomic E-state index is 8.22. The number of alkyl halides is 3. The summed E-state index contributed by atoms with van der Waals surface area (Å²) in [7, 11) is 0. The van der Waals surface area contributed by atoms with Crippen molar-refractivity contribution < 1.29 is 5.11 Å². The summed E-state index contributed by atoms with van der Waals surface area (Å²) in [6.45, 7) is 0.241. The molecule has 54 valence electrons. The molecule has 0 heterocycles. The lowest BCUT2D eigenvalue weighted by Gasteiger charge is -1.99. The van der Waals surface area contributed by atoms with E-state index in [9.17, 15) is 0 Å². The fourth-order valence-electron chi connectivity index (χ4n) is 0.226. The van der Waals surface area contributed by atoms with Crippen molar-refractivity contribution in [1.29, 1.82) is 0 Å². The van der Waals surface area contributed by atoms with Crippen LogP contribution in [-0.4, -0.2) is 28.3 Å². The third kappa shape index (κ3) is 8.50. The average molecular weight is 190 g/mol. The molecule has 0 rings (SSSR count). The number of nitrogens with zero attached hydrogens (tertiary/aromatic N) is 1. The van der Waals surface area contributed by atoms with Crippen LogP contribution in [0.2, 0.25) is 0 Å². The molecular weight excluding hydrogens is 184 g/mol. The molecule has 0 bridgehead atoms. The summed E-state index contributed by atoms with van der Waals surface area (Å²) in [5.74, 6) is 0. The van der Waals surface area contributed by atoms with Crippen molar-refractivity contribution in [1.82, 2.24) is 0 Å². The topological polar surface area (TPSA) is 32.6 Å². The third-order valence-corrected chi connectivity index (χ3v) is 0.760. The van der Waals surface area contributed by atoms with Crippen molar-refractivity contribution in [2.24, 2.45) is 4.99 Å². The molecule has 0 atom stereocenters. The quantitative estimate of drug-likeness (QED) is 0.518. The smallest absolute Gasteiger partial charge is 0.225 e. The van der Waals surface area contributed by atoms with Gasteiger partial charge in [-0.2, -0.15) is 0 Å². The predicted molar refractivity (Wildman–Crippen MR) is 40.7 cm³/mol. The molecule has 0 aliphatic carbocycles. The highest BCUT2D eigenvalue weighted by molar-refractivity contribution is 6.74. The lowest BCUT2D eigenvalue weighted by atomic mass is 10.7. The zero-order valence-electron chi connectivity index (χ0n) is 4.52. The van der Waals surface area contributed by atoms with Crippen molar-refractivity contribution >= 4 is 41.0 Å². The molecule has 0 aromatic carbocycles. The van der Waals surface area contributed by atoms with E-state index in [4.69, 9.17) is 39.9 Å². The first-order valence-electron chi connectivity index (χ1n) is 2.25. The summed E-state index contributed by atoms with van der Waals surface area (Å²) < 4.78 is -1.44. The van der Waals surface area contributed by atoms with Gasteiger partial charge in [0.2, 0.25) is 3.79 Å². The Balaban J connectivity index is 3.45. The molecule has 2 nitrogen and oxygen atoms in total. The number of hydrogen-bond acceptors (Lipinski definition) is 2. The highest BCUT2D eigenvalue weighted by Gasteiger charge is 2.14. The second-order valence-corrected chi connectivity index (χ2v) is 3.67. The molecule has 9 heavy (non-hydrogen) atoms. The minimum atomic E-state index is -1.44. The number of aliphatic hydroxyl groups excluding tert-OH is 1. The molecule has 0 aromatic rings. The average Bonchev–Trinajstić information content (AvgIpc) is 1.63. The van der Waals surface area contributed by atoms with Crippen LogP contribution in [0, 0.1) is 0 Å². The Labute approximate surface area is 68.4 Å². The van der Waals surface area contributed by atoms with Gasteiger partial charge in [-0.05, 0) is 0 Å². The van der Waals surface area contributed by atoms with Crippen molar-refractivity contribution in [3.8, 4) is 0 Å². The van der Waals surface area contributed by atoms with Crippen molar-refractivity contribution in [3.63, 3.8) is 0 Å². The van der Waals surface area contributed by atoms with Gasteiger partial charge in [-0.15, -0.1) is 0 Å². The van der Waals surface area contributed by atoms with Gasteiger partial charge < -0.3 is 5.11 Å². The van der Waals surface area contributed by atoms with Crippen LogP contribution in [0.1, 0.15) is 0 Å². The standard InChI is InChI=1S/C4H6Cl3NO/c5-4(6,7)3-8-1-2-9/h3,9H,1-2H2. The molecule has 0 aliphatic heterocycles. The summed E-state index contributed by atoms with van der Waals surface area (Å²) >= 11 is 15.8. The van der Waals surface area contributed by atoms with Crippen LogP contribution in [0.15, 0.2) is 4.99 Å². The molecule has 0 radical (unpaired) electrons. The van der Waals surface area contributed by atoms with Crippen LogP contribution in [0.5, 0.6) is 0 Å². The number of hydrogen-bond donors (Lipinski definition) is 1. The first-order chi connectivity index (χ1) is 4.06. The van der Waals surface area contributed by atoms with E-state index in [0.717, 1.165) is 6.21 Å². The van der Waals surface area contributed by atoms with Gasteiger partial charge in [-0.25, -0.2) is 0 Å². The van der Waals surface area contributed by atoms with Crippen molar-refractivity contribution in [3.05, 3.63) is 0 Å². The SMILES string of the molecule is OCCN=CC(Cl)(Cl)Cl. The molecule has 1 N–H and O–H groups in total. The first-order valence-corrected chi connectivity index (χ1v) is 3.38. The Hall–Kier alpha value is 0.500. The Morgan fingerprint density at radius 1 is 1.44 bits per heavy atom. The van der Waals surface area contributed by atoms with E-state index in [-0.39, 0.29) is 13.2 Å². The van der Waals surface area contributed by atoms with E-state index in [1.807, 2.05) is 0 Å². The maximum absolute atomic E-state index is 8.22. The zero-order valence-corrected chi connectivity index (χ0v) is 6.79. The molecule has 0 amide bonds. The van der Waals surface area contributed by atoms with E-state index in [1.54, 1.807) is 0 Å².